The van der Waals surface area contributed by atoms with Gasteiger partial charge in [-0.25, -0.2) is 0 Å². The zero-order chi connectivity index (χ0) is 16.8. The number of fused-ring (bicyclic) bond motifs is 1. The molecule has 0 aromatic heterocycles. The number of rotatable bonds is 3. The van der Waals surface area contributed by atoms with Crippen molar-refractivity contribution in [1.29, 1.82) is 0 Å². The van der Waals surface area contributed by atoms with Crippen LogP contribution in [0.2, 0.25) is 0 Å². The second-order valence-electron chi connectivity index (χ2n) is 7.70. The first kappa shape index (κ1) is 16.0. The highest BCUT2D eigenvalue weighted by atomic mass is 15.1. The van der Waals surface area contributed by atoms with Crippen LogP contribution in [-0.2, 0) is 5.41 Å². The summed E-state index contributed by atoms with van der Waals surface area (Å²) in [4.78, 5) is 0. The summed E-state index contributed by atoms with van der Waals surface area (Å²) in [7, 11) is 0. The van der Waals surface area contributed by atoms with E-state index in [9.17, 15) is 0 Å². The molecule has 1 nitrogen and oxygen atoms in total. The molecule has 0 saturated carbocycles. The zero-order valence-electron chi connectivity index (χ0n) is 15.2. The van der Waals surface area contributed by atoms with Crippen LogP contribution >= 0.6 is 0 Å². The Morgan fingerprint density at radius 3 is 2.09 bits per heavy atom. The van der Waals surface area contributed by atoms with Gasteiger partial charge in [-0.3, -0.25) is 0 Å². The molecule has 0 fully saturated rings. The third kappa shape index (κ3) is 2.43. The molecular weight excluding hydrogens is 278 g/mol. The molecule has 0 saturated heterocycles. The minimum Gasteiger partial charge on any atom is -0.192 e. The number of nitrogens with zero attached hydrogens (tertiary/aromatic N) is 1. The first-order chi connectivity index (χ1) is 10.9. The summed E-state index contributed by atoms with van der Waals surface area (Å²) >= 11 is 0. The second-order valence-corrected chi connectivity index (χ2v) is 7.70. The Labute approximate surface area is 140 Å². The van der Waals surface area contributed by atoms with Gasteiger partial charge in [-0.05, 0) is 45.2 Å². The topological polar surface area (TPSA) is 3.01 Å². The van der Waals surface area contributed by atoms with Crippen LogP contribution in [0.5, 0.6) is 0 Å². The molecule has 1 aliphatic rings. The van der Waals surface area contributed by atoms with Crippen LogP contribution in [0.1, 0.15) is 64.2 Å². The van der Waals surface area contributed by atoms with Crippen LogP contribution < -0.4 is 0 Å². The Hall–Kier alpha value is -1.89. The molecule has 0 unspecified atom stereocenters. The maximum atomic E-state index is 2.54. The SMILES string of the molecule is CC(C)c1ccccc1C1=[N+](C(C)C)c2ccccc2C1(C)C. The molecule has 1 heteroatoms. The predicted octanol–water partition coefficient (Wildman–Crippen LogP) is 5.64. The fourth-order valence-electron chi connectivity index (χ4n) is 3.98. The Morgan fingerprint density at radius 2 is 1.43 bits per heavy atom. The molecule has 0 bridgehead atoms. The summed E-state index contributed by atoms with van der Waals surface area (Å²) in [6.45, 7) is 13.9. The molecule has 2 aromatic carbocycles. The summed E-state index contributed by atoms with van der Waals surface area (Å²) < 4.78 is 2.54. The van der Waals surface area contributed by atoms with Gasteiger partial charge in [0.2, 0.25) is 5.69 Å². The predicted molar refractivity (Wildman–Crippen MR) is 99.2 cm³/mol. The molecule has 0 amide bonds. The van der Waals surface area contributed by atoms with E-state index >= 15 is 0 Å². The van der Waals surface area contributed by atoms with Crippen LogP contribution in [0, 0.1) is 0 Å². The van der Waals surface area contributed by atoms with Gasteiger partial charge in [0.1, 0.15) is 0 Å². The van der Waals surface area contributed by atoms with E-state index in [0.717, 1.165) is 0 Å². The van der Waals surface area contributed by atoms with E-state index < -0.39 is 0 Å². The molecule has 1 heterocycles. The molecule has 3 rings (SSSR count). The third-order valence-electron chi connectivity index (χ3n) is 5.02. The van der Waals surface area contributed by atoms with Gasteiger partial charge in [0.25, 0.3) is 0 Å². The average molecular weight is 306 g/mol. The highest BCUT2D eigenvalue weighted by Crippen LogP contribution is 2.43. The lowest BCUT2D eigenvalue weighted by molar-refractivity contribution is -0.473. The highest BCUT2D eigenvalue weighted by Gasteiger charge is 2.47. The van der Waals surface area contributed by atoms with Gasteiger partial charge in [-0.15, -0.1) is 0 Å². The van der Waals surface area contributed by atoms with Crippen molar-refractivity contribution in [1.82, 2.24) is 0 Å². The van der Waals surface area contributed by atoms with Crippen molar-refractivity contribution in [2.45, 2.75) is 58.9 Å². The molecule has 23 heavy (non-hydrogen) atoms. The highest BCUT2D eigenvalue weighted by molar-refractivity contribution is 6.08. The molecule has 0 spiro atoms. The number of benzene rings is 2. The molecule has 0 aliphatic carbocycles. The first-order valence-electron chi connectivity index (χ1n) is 8.71. The van der Waals surface area contributed by atoms with Crippen molar-refractivity contribution in [3.05, 3.63) is 65.2 Å². The minimum atomic E-state index is 0.0197. The Balaban J connectivity index is 2.35. The summed E-state index contributed by atoms with van der Waals surface area (Å²) in [5, 5.41) is 0. The smallest absolute Gasteiger partial charge is 0.192 e. The molecular formula is C22H28N+. The lowest BCUT2D eigenvalue weighted by Gasteiger charge is -2.21. The van der Waals surface area contributed by atoms with Crippen molar-refractivity contribution in [3.8, 4) is 0 Å². The van der Waals surface area contributed by atoms with Crippen LogP contribution in [-0.4, -0.2) is 16.3 Å². The minimum absolute atomic E-state index is 0.0197. The van der Waals surface area contributed by atoms with Gasteiger partial charge in [-0.2, -0.15) is 4.58 Å². The van der Waals surface area contributed by atoms with Crippen molar-refractivity contribution >= 4 is 11.4 Å². The van der Waals surface area contributed by atoms with Crippen LogP contribution in [0.3, 0.4) is 0 Å². The van der Waals surface area contributed by atoms with Crippen molar-refractivity contribution in [2.75, 3.05) is 0 Å². The molecule has 1 aliphatic heterocycles. The maximum Gasteiger partial charge on any atom is 0.209 e. The molecule has 0 N–H and O–H groups in total. The van der Waals surface area contributed by atoms with Gasteiger partial charge in [-0.1, -0.05) is 50.2 Å². The quantitative estimate of drug-likeness (QED) is 0.645. The van der Waals surface area contributed by atoms with E-state index in [4.69, 9.17) is 0 Å². The average Bonchev–Trinajstić information content (AvgIpc) is 2.75. The van der Waals surface area contributed by atoms with Gasteiger partial charge in [0.05, 0.1) is 5.41 Å². The zero-order valence-corrected chi connectivity index (χ0v) is 15.2. The maximum absolute atomic E-state index is 2.54. The standard InChI is InChI=1S/C22H28N/c1-15(2)17-11-7-8-12-18(17)21-22(5,6)19-13-9-10-14-20(19)23(21)16(3)4/h7-16H,1-6H3/q+1. The van der Waals surface area contributed by atoms with E-state index in [-0.39, 0.29) is 5.41 Å². The Morgan fingerprint density at radius 1 is 0.826 bits per heavy atom. The lowest BCUT2D eigenvalue weighted by Crippen LogP contribution is -2.33. The first-order valence-corrected chi connectivity index (χ1v) is 8.71. The van der Waals surface area contributed by atoms with E-state index in [2.05, 4.69) is 94.6 Å². The van der Waals surface area contributed by atoms with Crippen LogP contribution in [0.15, 0.2) is 48.5 Å². The number of hydrogen-bond donors (Lipinski definition) is 0. The summed E-state index contributed by atoms with van der Waals surface area (Å²) in [6, 6.07) is 18.2. The fourth-order valence-corrected chi connectivity index (χ4v) is 3.98. The molecule has 2 aromatic rings. The Bertz CT molecular complexity index is 763. The van der Waals surface area contributed by atoms with E-state index in [1.54, 1.807) is 0 Å². The van der Waals surface area contributed by atoms with E-state index in [1.807, 2.05) is 0 Å². The monoisotopic (exact) mass is 306 g/mol. The summed E-state index contributed by atoms with van der Waals surface area (Å²) in [5.74, 6) is 0.521. The molecule has 0 radical (unpaired) electrons. The molecule has 120 valence electrons. The molecule has 0 atom stereocenters. The number of para-hydroxylation sites is 1. The van der Waals surface area contributed by atoms with Gasteiger partial charge in [0, 0.05) is 17.2 Å². The van der Waals surface area contributed by atoms with Crippen molar-refractivity contribution in [2.24, 2.45) is 0 Å². The Kier molecular flexibility index (Phi) is 3.91. The number of hydrogen-bond acceptors (Lipinski definition) is 0. The van der Waals surface area contributed by atoms with Crippen molar-refractivity contribution in [3.63, 3.8) is 0 Å². The second kappa shape index (κ2) is 5.63. The van der Waals surface area contributed by atoms with E-state index in [0.29, 0.717) is 12.0 Å². The van der Waals surface area contributed by atoms with Crippen molar-refractivity contribution < 1.29 is 4.58 Å². The normalized spacial score (nSPS) is 16.3. The van der Waals surface area contributed by atoms with Crippen LogP contribution in [0.4, 0.5) is 5.69 Å². The van der Waals surface area contributed by atoms with Gasteiger partial charge in [0.15, 0.2) is 11.8 Å². The van der Waals surface area contributed by atoms with Gasteiger partial charge >= 0.3 is 0 Å². The summed E-state index contributed by atoms with van der Waals surface area (Å²) in [6.07, 6.45) is 0. The van der Waals surface area contributed by atoms with Gasteiger partial charge < -0.3 is 0 Å². The fraction of sp³-hybridized carbons (Fsp3) is 0.409. The third-order valence-corrected chi connectivity index (χ3v) is 5.02. The largest absolute Gasteiger partial charge is 0.209 e. The van der Waals surface area contributed by atoms with Crippen LogP contribution in [0.25, 0.3) is 0 Å². The van der Waals surface area contributed by atoms with E-state index in [1.165, 1.54) is 28.1 Å². The summed E-state index contributed by atoms with van der Waals surface area (Å²) in [5.41, 5.74) is 7.10. The lowest BCUT2D eigenvalue weighted by atomic mass is 9.77.